The summed E-state index contributed by atoms with van der Waals surface area (Å²) < 4.78 is 2.16. The summed E-state index contributed by atoms with van der Waals surface area (Å²) >= 11 is 1.86. The summed E-state index contributed by atoms with van der Waals surface area (Å²) in [7, 11) is 2.09. The lowest BCUT2D eigenvalue weighted by Crippen LogP contribution is -2.32. The van der Waals surface area contributed by atoms with Gasteiger partial charge in [0.05, 0.1) is 12.4 Å². The third kappa shape index (κ3) is 1.71. The SMILES string of the molecule is Cc1c2c(cc3ccccc13)Sc1cccc3nc[n+](C)c-2c13. The number of fused-ring (bicyclic) bond motifs is 3. The highest BCUT2D eigenvalue weighted by molar-refractivity contribution is 7.99. The molecule has 3 aromatic carbocycles. The van der Waals surface area contributed by atoms with E-state index in [-0.39, 0.29) is 0 Å². The van der Waals surface area contributed by atoms with Gasteiger partial charge in [-0.1, -0.05) is 42.1 Å². The third-order valence-electron chi connectivity index (χ3n) is 4.69. The highest BCUT2D eigenvalue weighted by Gasteiger charge is 2.28. The van der Waals surface area contributed by atoms with Gasteiger partial charge in [0.25, 0.3) is 6.33 Å². The second-order valence-corrected chi connectivity index (χ2v) is 7.14. The van der Waals surface area contributed by atoms with Crippen LogP contribution in [0, 0.1) is 6.92 Å². The Morgan fingerprint density at radius 1 is 1.00 bits per heavy atom. The lowest BCUT2D eigenvalue weighted by atomic mass is 9.95. The molecule has 3 heteroatoms. The Hall–Kier alpha value is -2.39. The molecule has 0 aliphatic carbocycles. The molecule has 1 aliphatic heterocycles. The van der Waals surface area contributed by atoms with Crippen LogP contribution in [0.25, 0.3) is 32.9 Å². The second kappa shape index (κ2) is 4.56. The van der Waals surface area contributed by atoms with Crippen molar-refractivity contribution in [3.8, 4) is 11.3 Å². The molecule has 0 spiro atoms. The molecule has 23 heavy (non-hydrogen) atoms. The maximum Gasteiger partial charge on any atom is 0.287 e. The molecule has 4 aromatic rings. The number of hydrogen-bond donors (Lipinski definition) is 0. The van der Waals surface area contributed by atoms with Gasteiger partial charge in [0.1, 0.15) is 5.69 Å². The highest BCUT2D eigenvalue weighted by atomic mass is 32.2. The molecule has 0 fully saturated rings. The van der Waals surface area contributed by atoms with Crippen LogP contribution in [0.4, 0.5) is 0 Å². The number of aryl methyl sites for hydroxylation is 2. The van der Waals surface area contributed by atoms with Crippen LogP contribution in [0.2, 0.25) is 0 Å². The van der Waals surface area contributed by atoms with Crippen molar-refractivity contribution in [2.24, 2.45) is 7.05 Å². The first-order chi connectivity index (χ1) is 11.2. The van der Waals surface area contributed by atoms with E-state index >= 15 is 0 Å². The van der Waals surface area contributed by atoms with E-state index < -0.39 is 0 Å². The van der Waals surface area contributed by atoms with Crippen LogP contribution in [-0.2, 0) is 7.05 Å². The maximum absolute atomic E-state index is 4.60. The Labute approximate surface area is 138 Å². The van der Waals surface area contributed by atoms with Crippen molar-refractivity contribution in [2.75, 3.05) is 0 Å². The van der Waals surface area contributed by atoms with Crippen molar-refractivity contribution in [3.63, 3.8) is 0 Å². The Morgan fingerprint density at radius 2 is 1.87 bits per heavy atom. The quantitative estimate of drug-likeness (QED) is 0.387. The summed E-state index contributed by atoms with van der Waals surface area (Å²) in [6, 6.07) is 17.4. The number of aromatic nitrogens is 2. The van der Waals surface area contributed by atoms with Crippen molar-refractivity contribution in [1.29, 1.82) is 0 Å². The van der Waals surface area contributed by atoms with Crippen molar-refractivity contribution >= 4 is 33.4 Å². The highest BCUT2D eigenvalue weighted by Crippen LogP contribution is 2.48. The van der Waals surface area contributed by atoms with Gasteiger partial charge in [-0.25, -0.2) is 4.57 Å². The van der Waals surface area contributed by atoms with Gasteiger partial charge in [-0.05, 0) is 46.4 Å². The molecule has 2 nitrogen and oxygen atoms in total. The fourth-order valence-electron chi connectivity index (χ4n) is 3.62. The number of benzene rings is 3. The Balaban J connectivity index is 2.02. The lowest BCUT2D eigenvalue weighted by molar-refractivity contribution is -0.662. The Bertz CT molecular complexity index is 1120. The van der Waals surface area contributed by atoms with Crippen LogP contribution >= 0.6 is 11.8 Å². The van der Waals surface area contributed by atoms with Gasteiger partial charge < -0.3 is 0 Å². The van der Waals surface area contributed by atoms with Crippen LogP contribution in [-0.4, -0.2) is 4.98 Å². The third-order valence-corrected chi connectivity index (χ3v) is 5.80. The summed E-state index contributed by atoms with van der Waals surface area (Å²) in [5, 5.41) is 3.91. The van der Waals surface area contributed by atoms with E-state index in [1.54, 1.807) is 0 Å². The average molecular weight is 315 g/mol. The largest absolute Gasteiger partial charge is 0.287 e. The molecular formula is C20H15N2S+. The molecule has 2 heterocycles. The lowest BCUT2D eigenvalue weighted by Gasteiger charge is -2.21. The molecular weight excluding hydrogens is 300 g/mol. The molecule has 0 atom stereocenters. The predicted molar refractivity (Wildman–Crippen MR) is 94.7 cm³/mol. The molecule has 0 N–H and O–H groups in total. The van der Waals surface area contributed by atoms with Crippen LogP contribution in [0.1, 0.15) is 5.56 Å². The van der Waals surface area contributed by atoms with Gasteiger partial charge in [0, 0.05) is 15.4 Å². The minimum absolute atomic E-state index is 1.07. The summed E-state index contributed by atoms with van der Waals surface area (Å²) in [5.41, 5.74) is 5.05. The van der Waals surface area contributed by atoms with Crippen molar-refractivity contribution in [3.05, 3.63) is 60.4 Å². The molecule has 1 aliphatic rings. The van der Waals surface area contributed by atoms with Gasteiger partial charge in [0.2, 0.25) is 0 Å². The first-order valence-corrected chi connectivity index (χ1v) is 8.53. The van der Waals surface area contributed by atoms with Gasteiger partial charge >= 0.3 is 0 Å². The Morgan fingerprint density at radius 3 is 2.78 bits per heavy atom. The van der Waals surface area contributed by atoms with Gasteiger partial charge in [0.15, 0.2) is 5.52 Å². The predicted octanol–water partition coefficient (Wildman–Crippen LogP) is 4.65. The van der Waals surface area contributed by atoms with E-state index in [0.29, 0.717) is 0 Å². The summed E-state index contributed by atoms with van der Waals surface area (Å²) in [6.45, 7) is 2.24. The van der Waals surface area contributed by atoms with Gasteiger partial charge in [-0.2, -0.15) is 0 Å². The van der Waals surface area contributed by atoms with Crippen molar-refractivity contribution in [1.82, 2.24) is 4.98 Å². The molecule has 0 radical (unpaired) electrons. The van der Waals surface area contributed by atoms with Crippen molar-refractivity contribution in [2.45, 2.75) is 16.7 Å². The fourth-order valence-corrected chi connectivity index (χ4v) is 4.85. The molecule has 0 bridgehead atoms. The average Bonchev–Trinajstić information content (AvgIpc) is 2.57. The summed E-state index contributed by atoms with van der Waals surface area (Å²) in [5.74, 6) is 0. The normalized spacial score (nSPS) is 12.6. The topological polar surface area (TPSA) is 16.8 Å². The summed E-state index contributed by atoms with van der Waals surface area (Å²) in [6.07, 6.45) is 1.93. The van der Waals surface area contributed by atoms with Gasteiger partial charge in [-0.3, -0.25) is 0 Å². The fraction of sp³-hybridized carbons (Fsp3) is 0.100. The zero-order valence-corrected chi connectivity index (χ0v) is 13.8. The minimum atomic E-state index is 1.07. The molecule has 0 unspecified atom stereocenters. The minimum Gasteiger partial charge on any atom is -0.232 e. The number of hydrogen-bond acceptors (Lipinski definition) is 2. The van der Waals surface area contributed by atoms with E-state index in [2.05, 4.69) is 72.1 Å². The smallest absolute Gasteiger partial charge is 0.232 e. The van der Waals surface area contributed by atoms with Crippen LogP contribution in [0.5, 0.6) is 0 Å². The molecule has 1 aromatic heterocycles. The van der Waals surface area contributed by atoms with E-state index in [1.165, 1.54) is 42.8 Å². The maximum atomic E-state index is 4.60. The van der Waals surface area contributed by atoms with E-state index in [9.17, 15) is 0 Å². The Kier molecular flexibility index (Phi) is 2.59. The zero-order valence-electron chi connectivity index (χ0n) is 13.0. The molecule has 110 valence electrons. The van der Waals surface area contributed by atoms with Crippen molar-refractivity contribution < 1.29 is 4.57 Å². The zero-order chi connectivity index (χ0) is 15.6. The second-order valence-electron chi connectivity index (χ2n) is 6.05. The van der Waals surface area contributed by atoms with Crippen LogP contribution < -0.4 is 4.57 Å². The molecule has 0 saturated heterocycles. The monoisotopic (exact) mass is 315 g/mol. The number of nitrogens with zero attached hydrogens (tertiary/aromatic N) is 2. The molecule has 5 rings (SSSR count). The van der Waals surface area contributed by atoms with Gasteiger partial charge in [-0.15, -0.1) is 0 Å². The van der Waals surface area contributed by atoms with E-state index in [0.717, 1.165) is 5.52 Å². The first-order valence-electron chi connectivity index (χ1n) is 7.72. The van der Waals surface area contributed by atoms with E-state index in [1.807, 2.05) is 18.1 Å². The van der Waals surface area contributed by atoms with Crippen LogP contribution in [0.15, 0.2) is 64.6 Å². The number of rotatable bonds is 0. The molecule has 0 amide bonds. The molecule has 0 saturated carbocycles. The summed E-state index contributed by atoms with van der Waals surface area (Å²) in [4.78, 5) is 7.23. The van der Waals surface area contributed by atoms with E-state index in [4.69, 9.17) is 0 Å². The van der Waals surface area contributed by atoms with Crippen LogP contribution in [0.3, 0.4) is 0 Å². The first kappa shape index (κ1) is 13.1. The standard InChI is InChI=1S/C20H15N2S/c1-12-14-7-4-3-6-13(14)10-17-18(12)20-19-15(21-11-22(20)2)8-5-9-16(19)23-17/h3-11H,1-2H3/q+1.